The average molecular weight is 622 g/mol. The van der Waals surface area contributed by atoms with Crippen molar-refractivity contribution in [3.63, 3.8) is 0 Å². The molecular weight excluding hydrogens is 598 g/mol. The molecule has 0 N–H and O–H groups in total. The molecule has 4 aromatic rings. The summed E-state index contributed by atoms with van der Waals surface area (Å²) in [5.74, 6) is 1.41. The van der Waals surface area contributed by atoms with Gasteiger partial charge in [-0.05, 0) is 50.4 Å². The summed E-state index contributed by atoms with van der Waals surface area (Å²) < 4.78 is 0. The molecule has 0 atom stereocenters. The topological polar surface area (TPSA) is 0 Å². The van der Waals surface area contributed by atoms with E-state index in [0.29, 0.717) is 17.8 Å². The van der Waals surface area contributed by atoms with Gasteiger partial charge in [0.25, 0.3) is 0 Å². The minimum atomic E-state index is 0. The van der Waals surface area contributed by atoms with Crippen LogP contribution < -0.4 is 24.8 Å². The van der Waals surface area contributed by atoms with Gasteiger partial charge in [-0.2, -0.15) is 0 Å². The summed E-state index contributed by atoms with van der Waals surface area (Å²) >= 11 is 0. The van der Waals surface area contributed by atoms with Crippen molar-refractivity contribution in [1.82, 2.24) is 0 Å². The first-order valence-electron chi connectivity index (χ1n) is 10.7. The molecule has 0 aliphatic heterocycles. The molecule has 32 heavy (non-hydrogen) atoms. The maximum atomic E-state index is 2.37. The predicted octanol–water partition coefficient (Wildman–Crippen LogP) is 1.64. The molecule has 3 heteroatoms. The Morgan fingerprint density at radius 3 is 1.00 bits per heavy atom. The second-order valence-corrected chi connectivity index (χ2v) is 8.38. The van der Waals surface area contributed by atoms with Gasteiger partial charge in [0.2, 0.25) is 0 Å². The fraction of sp³-hybridized carbons (Fsp3) is 0.172. The van der Waals surface area contributed by atoms with Gasteiger partial charge in [-0.25, -0.2) is 0 Å². The maximum Gasteiger partial charge on any atom is 2.00 e. The van der Waals surface area contributed by atoms with E-state index in [0.717, 1.165) is 6.42 Å². The van der Waals surface area contributed by atoms with Crippen molar-refractivity contribution < 1.29 is 50.7 Å². The molecule has 0 saturated heterocycles. The Balaban J connectivity index is 0.000000963. The molecule has 0 bridgehead atoms. The van der Waals surface area contributed by atoms with Crippen LogP contribution in [0.1, 0.15) is 47.4 Å². The van der Waals surface area contributed by atoms with Gasteiger partial charge in [0.05, 0.1) is 0 Å². The molecule has 2 aliphatic rings. The molecule has 158 valence electrons. The summed E-state index contributed by atoms with van der Waals surface area (Å²) in [6.45, 7) is 2.37. The van der Waals surface area contributed by atoms with Crippen molar-refractivity contribution in [2.75, 3.05) is 0 Å². The van der Waals surface area contributed by atoms with Gasteiger partial charge in [0, 0.05) is 11.8 Å². The summed E-state index contributed by atoms with van der Waals surface area (Å²) in [7, 11) is 0. The van der Waals surface area contributed by atoms with Crippen LogP contribution in [0.3, 0.4) is 0 Å². The first-order chi connectivity index (χ1) is 14.4. The number of hydrogen-bond acceptors (Lipinski definition) is 0. The predicted molar refractivity (Wildman–Crippen MR) is 121 cm³/mol. The molecule has 6 rings (SSSR count). The van der Waals surface area contributed by atoms with Crippen LogP contribution in [0, 0.1) is 5.92 Å². The Morgan fingerprint density at radius 2 is 0.750 bits per heavy atom. The van der Waals surface area contributed by atoms with Crippen molar-refractivity contribution in [3.05, 3.63) is 119 Å². The zero-order chi connectivity index (χ0) is 19.4. The van der Waals surface area contributed by atoms with E-state index in [1.807, 2.05) is 0 Å². The van der Waals surface area contributed by atoms with Gasteiger partial charge in [-0.15, -0.1) is 0 Å². The van der Waals surface area contributed by atoms with Crippen LogP contribution in [0.5, 0.6) is 0 Å². The fourth-order valence-corrected chi connectivity index (χ4v) is 5.98. The zero-order valence-corrected chi connectivity index (χ0v) is 23.0. The van der Waals surface area contributed by atoms with Gasteiger partial charge in [0.1, 0.15) is 0 Å². The molecule has 0 unspecified atom stereocenters. The third kappa shape index (κ3) is 3.63. The van der Waals surface area contributed by atoms with Crippen LogP contribution >= 0.6 is 0 Å². The summed E-state index contributed by atoms with van der Waals surface area (Å²) in [6.07, 6.45) is 1.15. The average Bonchev–Trinajstić information content (AvgIpc) is 3.29. The Bertz CT molecular complexity index is 1050. The van der Waals surface area contributed by atoms with Gasteiger partial charge in [-0.1, -0.05) is 110 Å². The molecule has 0 spiro atoms. The molecule has 4 aromatic carbocycles. The van der Waals surface area contributed by atoms with Crippen molar-refractivity contribution in [3.8, 4) is 22.3 Å². The van der Waals surface area contributed by atoms with Crippen LogP contribution in [0.25, 0.3) is 22.3 Å². The van der Waals surface area contributed by atoms with E-state index in [9.17, 15) is 0 Å². The van der Waals surface area contributed by atoms with Crippen LogP contribution in [-0.4, -0.2) is 0 Å². The van der Waals surface area contributed by atoms with Crippen LogP contribution in [0.4, 0.5) is 0 Å². The summed E-state index contributed by atoms with van der Waals surface area (Å²) in [5, 5.41) is 0. The number of rotatable bonds is 3. The van der Waals surface area contributed by atoms with Gasteiger partial charge >= 0.3 is 25.8 Å². The summed E-state index contributed by atoms with van der Waals surface area (Å²) in [4.78, 5) is 0. The Hall–Kier alpha value is -1.67. The SMILES string of the molecule is CCC(C1c2ccccc2-c2ccccc21)C1c2ccccc2-c2ccccc21.[Cl-].[Cl-].[Hf+2]. The largest absolute Gasteiger partial charge is 2.00 e. The molecule has 0 saturated carbocycles. The van der Waals surface area contributed by atoms with E-state index in [2.05, 4.69) is 104 Å². The fourth-order valence-electron chi connectivity index (χ4n) is 5.98. The van der Waals surface area contributed by atoms with Crippen molar-refractivity contribution in [2.45, 2.75) is 25.2 Å². The normalized spacial score (nSPS) is 13.2. The second kappa shape index (κ2) is 10.1. The van der Waals surface area contributed by atoms with Crippen molar-refractivity contribution in [1.29, 1.82) is 0 Å². The first-order valence-corrected chi connectivity index (χ1v) is 10.7. The number of hydrogen-bond donors (Lipinski definition) is 0. The van der Waals surface area contributed by atoms with E-state index in [1.54, 1.807) is 0 Å². The monoisotopic (exact) mass is 622 g/mol. The van der Waals surface area contributed by atoms with Gasteiger partial charge in [0.15, 0.2) is 0 Å². The number of halogens is 2. The molecule has 0 radical (unpaired) electrons. The van der Waals surface area contributed by atoms with Gasteiger partial charge in [-0.3, -0.25) is 0 Å². The smallest absolute Gasteiger partial charge is 1.00 e. The Morgan fingerprint density at radius 1 is 0.500 bits per heavy atom. The third-order valence-corrected chi connectivity index (χ3v) is 7.09. The van der Waals surface area contributed by atoms with Crippen LogP contribution in [0.15, 0.2) is 97.1 Å². The molecule has 0 heterocycles. The standard InChI is InChI=1S/C29H24.2ClH.Hf/c1-2-19(28-24-15-7-3-11-20(24)21-12-4-8-16-25(21)28)29-26-17-9-5-13-22(26)23-14-6-10-18-27(23)29;;;/h3-19,28-29H,2H2,1H3;2*1H;/q;;;+2/p-2. The van der Waals surface area contributed by atoms with E-state index in [4.69, 9.17) is 0 Å². The molecule has 2 aliphatic carbocycles. The first kappa shape index (κ1) is 25.0. The van der Waals surface area contributed by atoms with Crippen LogP contribution in [-0.2, 0) is 25.8 Å². The van der Waals surface area contributed by atoms with Crippen LogP contribution in [0.2, 0.25) is 0 Å². The van der Waals surface area contributed by atoms with E-state index >= 15 is 0 Å². The molecular formula is C29H24Cl2Hf. The third-order valence-electron chi connectivity index (χ3n) is 7.09. The molecule has 0 fully saturated rings. The van der Waals surface area contributed by atoms with E-state index < -0.39 is 0 Å². The number of fused-ring (bicyclic) bond motifs is 6. The Labute approximate surface area is 222 Å². The molecule has 0 nitrogen and oxygen atoms in total. The molecule has 0 amide bonds. The maximum absolute atomic E-state index is 2.37. The summed E-state index contributed by atoms with van der Waals surface area (Å²) in [5.41, 5.74) is 11.7. The van der Waals surface area contributed by atoms with E-state index in [-0.39, 0.29) is 50.7 Å². The number of benzene rings is 4. The zero-order valence-electron chi connectivity index (χ0n) is 17.9. The minimum Gasteiger partial charge on any atom is -1.00 e. The van der Waals surface area contributed by atoms with Crippen molar-refractivity contribution in [2.24, 2.45) is 5.92 Å². The Kier molecular flexibility index (Phi) is 7.86. The van der Waals surface area contributed by atoms with Crippen molar-refractivity contribution >= 4 is 0 Å². The summed E-state index contributed by atoms with van der Waals surface area (Å²) in [6, 6.07) is 36.2. The molecule has 0 aromatic heterocycles. The van der Waals surface area contributed by atoms with Gasteiger partial charge < -0.3 is 24.8 Å². The second-order valence-electron chi connectivity index (χ2n) is 8.38. The quantitative estimate of drug-likeness (QED) is 0.306. The van der Waals surface area contributed by atoms with E-state index in [1.165, 1.54) is 44.5 Å². The minimum absolute atomic E-state index is 0.